The summed E-state index contributed by atoms with van der Waals surface area (Å²) in [6.07, 6.45) is 1.99. The molecule has 0 saturated heterocycles. The normalized spacial score (nSPS) is 13.8. The Bertz CT molecular complexity index is 390. The molecule has 1 aromatic carbocycles. The van der Waals surface area contributed by atoms with Gasteiger partial charge in [0.05, 0.1) is 0 Å². The highest BCUT2D eigenvalue weighted by molar-refractivity contribution is 5.20. The van der Waals surface area contributed by atoms with E-state index in [1.165, 1.54) is 5.56 Å². The topological polar surface area (TPSA) is 15.3 Å². The minimum atomic E-state index is 0.129. The number of rotatable bonds is 7. The molecule has 112 valence electrons. The first-order chi connectivity index (χ1) is 9.35. The lowest BCUT2D eigenvalue weighted by Gasteiger charge is -2.36. The molecule has 2 heteroatoms. The highest BCUT2D eigenvalue weighted by Gasteiger charge is 2.23. The number of nitrogens with zero attached hydrogens (tertiary/aromatic N) is 1. The molecule has 0 aliphatic carbocycles. The monoisotopic (exact) mass is 274 g/mol. The van der Waals surface area contributed by atoms with Gasteiger partial charge in [0.1, 0.15) is 0 Å². The lowest BCUT2D eigenvalue weighted by atomic mass is 10.0. The first kappa shape index (κ1) is 16.9. The van der Waals surface area contributed by atoms with Crippen LogP contribution in [0, 0.1) is 0 Å². The number of hydrogen-bond donors (Lipinski definition) is 1. The number of nitrogens with one attached hydrogen (secondary N) is 1. The molecule has 1 unspecified atom stereocenters. The fourth-order valence-electron chi connectivity index (χ4n) is 2.35. The van der Waals surface area contributed by atoms with Gasteiger partial charge in [-0.25, -0.2) is 0 Å². The molecule has 0 radical (unpaired) electrons. The Morgan fingerprint density at radius 3 is 2.25 bits per heavy atom. The Morgan fingerprint density at radius 1 is 1.20 bits per heavy atom. The summed E-state index contributed by atoms with van der Waals surface area (Å²) in [4.78, 5) is 2.49. The van der Waals surface area contributed by atoms with E-state index in [4.69, 9.17) is 0 Å². The van der Waals surface area contributed by atoms with Crippen LogP contribution < -0.4 is 5.32 Å². The van der Waals surface area contributed by atoms with Crippen LogP contribution in [0.1, 0.15) is 46.2 Å². The minimum Gasteiger partial charge on any atom is -0.310 e. The Morgan fingerprint density at radius 2 is 1.80 bits per heavy atom. The van der Waals surface area contributed by atoms with Crippen LogP contribution >= 0.6 is 0 Å². The highest BCUT2D eigenvalue weighted by Crippen LogP contribution is 2.23. The molecule has 1 N–H and O–H groups in total. The third-order valence-corrected chi connectivity index (χ3v) is 3.41. The lowest BCUT2D eigenvalue weighted by Crippen LogP contribution is -2.45. The van der Waals surface area contributed by atoms with Gasteiger partial charge in [0, 0.05) is 30.7 Å². The lowest BCUT2D eigenvalue weighted by molar-refractivity contribution is 0.161. The summed E-state index contributed by atoms with van der Waals surface area (Å²) in [7, 11) is 0. The van der Waals surface area contributed by atoms with E-state index in [0.717, 1.165) is 13.1 Å². The van der Waals surface area contributed by atoms with Crippen molar-refractivity contribution in [3.63, 3.8) is 0 Å². The molecule has 0 aromatic heterocycles. The summed E-state index contributed by atoms with van der Waals surface area (Å²) in [5, 5.41) is 3.64. The van der Waals surface area contributed by atoms with Crippen LogP contribution in [0.25, 0.3) is 0 Å². The molecule has 20 heavy (non-hydrogen) atoms. The molecular weight excluding hydrogens is 244 g/mol. The van der Waals surface area contributed by atoms with Crippen molar-refractivity contribution >= 4 is 0 Å². The molecule has 0 amide bonds. The average Bonchev–Trinajstić information content (AvgIpc) is 2.37. The molecule has 0 spiro atoms. The fraction of sp³-hybridized carbons (Fsp3) is 0.556. The van der Waals surface area contributed by atoms with E-state index in [9.17, 15) is 0 Å². The van der Waals surface area contributed by atoms with Crippen LogP contribution in [0.4, 0.5) is 0 Å². The second-order valence-corrected chi connectivity index (χ2v) is 6.64. The molecular formula is C18H30N2. The summed E-state index contributed by atoms with van der Waals surface area (Å²) in [6, 6.07) is 11.6. The smallest absolute Gasteiger partial charge is 0.0478 e. The third kappa shape index (κ3) is 5.48. The summed E-state index contributed by atoms with van der Waals surface area (Å²) >= 11 is 0. The molecule has 1 rings (SSSR count). The first-order valence-corrected chi connectivity index (χ1v) is 7.51. The van der Waals surface area contributed by atoms with Gasteiger partial charge in [-0.2, -0.15) is 0 Å². The largest absolute Gasteiger partial charge is 0.310 e. The molecule has 0 bridgehead atoms. The van der Waals surface area contributed by atoms with Gasteiger partial charge in [-0.15, -0.1) is 6.58 Å². The molecule has 1 aromatic rings. The van der Waals surface area contributed by atoms with E-state index in [0.29, 0.717) is 12.1 Å². The average molecular weight is 274 g/mol. The van der Waals surface area contributed by atoms with Crippen LogP contribution in [0.15, 0.2) is 43.0 Å². The van der Waals surface area contributed by atoms with Crippen molar-refractivity contribution in [1.29, 1.82) is 0 Å². The number of benzene rings is 1. The van der Waals surface area contributed by atoms with Crippen LogP contribution in [-0.4, -0.2) is 29.6 Å². The maximum atomic E-state index is 3.91. The second kappa shape index (κ2) is 7.61. The van der Waals surface area contributed by atoms with Crippen molar-refractivity contribution in [2.24, 2.45) is 0 Å². The molecule has 0 aliphatic heterocycles. The van der Waals surface area contributed by atoms with Crippen LogP contribution in [0.2, 0.25) is 0 Å². The van der Waals surface area contributed by atoms with Crippen molar-refractivity contribution in [3.05, 3.63) is 48.6 Å². The quantitative estimate of drug-likeness (QED) is 0.756. The first-order valence-electron chi connectivity index (χ1n) is 7.51. The molecule has 1 atom stereocenters. The Kier molecular flexibility index (Phi) is 6.44. The number of hydrogen-bond acceptors (Lipinski definition) is 2. The predicted molar refractivity (Wildman–Crippen MR) is 89.0 cm³/mol. The van der Waals surface area contributed by atoms with Crippen molar-refractivity contribution in [1.82, 2.24) is 10.2 Å². The predicted octanol–water partition coefficient (Wildman–Crippen LogP) is 4.01. The molecule has 0 heterocycles. The minimum absolute atomic E-state index is 0.129. The van der Waals surface area contributed by atoms with Gasteiger partial charge in [0.15, 0.2) is 0 Å². The van der Waals surface area contributed by atoms with Crippen molar-refractivity contribution < 1.29 is 0 Å². The van der Waals surface area contributed by atoms with Crippen LogP contribution in [0.5, 0.6) is 0 Å². The second-order valence-electron chi connectivity index (χ2n) is 6.64. The van der Waals surface area contributed by atoms with Crippen molar-refractivity contribution in [2.45, 2.75) is 52.2 Å². The SMILES string of the molecule is C=CCN(C(C)C)C(CNC(C)(C)C)c1ccccc1. The molecule has 2 nitrogen and oxygen atoms in total. The molecule has 0 saturated carbocycles. The zero-order valence-corrected chi connectivity index (χ0v) is 13.7. The van der Waals surface area contributed by atoms with E-state index in [-0.39, 0.29) is 5.54 Å². The van der Waals surface area contributed by atoms with E-state index >= 15 is 0 Å². The summed E-state index contributed by atoms with van der Waals surface area (Å²) in [5.41, 5.74) is 1.49. The summed E-state index contributed by atoms with van der Waals surface area (Å²) < 4.78 is 0. The Balaban J connectivity index is 2.96. The van der Waals surface area contributed by atoms with E-state index in [1.807, 2.05) is 6.08 Å². The summed E-state index contributed by atoms with van der Waals surface area (Å²) in [6.45, 7) is 16.9. The Hall–Kier alpha value is -1.12. The zero-order valence-electron chi connectivity index (χ0n) is 13.7. The van der Waals surface area contributed by atoms with Crippen LogP contribution in [0.3, 0.4) is 0 Å². The van der Waals surface area contributed by atoms with Gasteiger partial charge < -0.3 is 5.32 Å². The third-order valence-electron chi connectivity index (χ3n) is 3.41. The van der Waals surface area contributed by atoms with E-state index in [2.05, 4.69) is 81.7 Å². The maximum absolute atomic E-state index is 3.91. The highest BCUT2D eigenvalue weighted by atomic mass is 15.2. The van der Waals surface area contributed by atoms with Gasteiger partial charge in [-0.1, -0.05) is 36.4 Å². The van der Waals surface area contributed by atoms with Gasteiger partial charge in [-0.3, -0.25) is 4.90 Å². The fourth-order valence-corrected chi connectivity index (χ4v) is 2.35. The van der Waals surface area contributed by atoms with Gasteiger partial charge in [-0.05, 0) is 40.2 Å². The molecule has 0 fully saturated rings. The van der Waals surface area contributed by atoms with E-state index < -0.39 is 0 Å². The van der Waals surface area contributed by atoms with Crippen LogP contribution in [-0.2, 0) is 0 Å². The summed E-state index contributed by atoms with van der Waals surface area (Å²) in [5.74, 6) is 0. The van der Waals surface area contributed by atoms with Crippen molar-refractivity contribution in [3.8, 4) is 0 Å². The van der Waals surface area contributed by atoms with Gasteiger partial charge in [0.2, 0.25) is 0 Å². The maximum Gasteiger partial charge on any atom is 0.0478 e. The standard InChI is InChI=1S/C18H30N2/c1-7-13-20(15(2)3)17(14-19-18(4,5)6)16-11-9-8-10-12-16/h7-12,15,17,19H,1,13-14H2,2-6H3. The van der Waals surface area contributed by atoms with Gasteiger partial charge in [0.25, 0.3) is 0 Å². The zero-order chi connectivity index (χ0) is 15.2. The van der Waals surface area contributed by atoms with Crippen molar-refractivity contribution in [2.75, 3.05) is 13.1 Å². The Labute approximate surface area is 124 Å². The molecule has 0 aliphatic rings. The van der Waals surface area contributed by atoms with E-state index in [1.54, 1.807) is 0 Å². The van der Waals surface area contributed by atoms with Gasteiger partial charge >= 0.3 is 0 Å².